The number of carbonyl (C=O) groups excluding carboxylic acids is 1. The molecule has 0 spiro atoms. The fourth-order valence-electron chi connectivity index (χ4n) is 1.51. The summed E-state index contributed by atoms with van der Waals surface area (Å²) in [5, 5.41) is 8.70. The summed E-state index contributed by atoms with van der Waals surface area (Å²) < 4.78 is 0. The second-order valence-corrected chi connectivity index (χ2v) is 3.46. The van der Waals surface area contributed by atoms with E-state index in [-0.39, 0.29) is 12.2 Å². The third kappa shape index (κ3) is 2.91. The van der Waals surface area contributed by atoms with Crippen molar-refractivity contribution in [3.05, 3.63) is 34.9 Å². The summed E-state index contributed by atoms with van der Waals surface area (Å²) in [6.45, 7) is 3.45. The Morgan fingerprint density at radius 1 is 1.27 bits per heavy atom. The second-order valence-electron chi connectivity index (χ2n) is 3.46. The van der Waals surface area contributed by atoms with E-state index in [0.29, 0.717) is 5.56 Å². The molecule has 1 aromatic rings. The second kappa shape index (κ2) is 4.73. The van der Waals surface area contributed by atoms with Crippen molar-refractivity contribution < 1.29 is 14.7 Å². The van der Waals surface area contributed by atoms with Gasteiger partial charge in [-0.15, -0.1) is 0 Å². The zero-order valence-electron chi connectivity index (χ0n) is 8.91. The van der Waals surface area contributed by atoms with Gasteiger partial charge in [-0.3, -0.25) is 9.59 Å². The highest BCUT2D eigenvalue weighted by molar-refractivity contribution is 5.94. The molecule has 0 heterocycles. The van der Waals surface area contributed by atoms with E-state index in [1.807, 2.05) is 6.92 Å². The first-order chi connectivity index (χ1) is 7.04. The number of hydrogen-bond donors (Lipinski definition) is 1. The van der Waals surface area contributed by atoms with Crippen molar-refractivity contribution in [2.24, 2.45) is 0 Å². The van der Waals surface area contributed by atoms with E-state index in [2.05, 4.69) is 0 Å². The van der Waals surface area contributed by atoms with E-state index in [1.54, 1.807) is 18.2 Å². The van der Waals surface area contributed by atoms with Crippen LogP contribution in [0.5, 0.6) is 0 Å². The summed E-state index contributed by atoms with van der Waals surface area (Å²) in [6, 6.07) is 5.18. The fourth-order valence-corrected chi connectivity index (χ4v) is 1.51. The summed E-state index contributed by atoms with van der Waals surface area (Å²) in [6.07, 6.45) is 0.755. The van der Waals surface area contributed by atoms with Crippen molar-refractivity contribution in [3.8, 4) is 0 Å². The molecule has 0 bridgehead atoms. The van der Waals surface area contributed by atoms with Crippen LogP contribution in [-0.2, 0) is 17.6 Å². The minimum atomic E-state index is -0.847. The van der Waals surface area contributed by atoms with Crippen LogP contribution < -0.4 is 0 Å². The molecule has 1 rings (SSSR count). The molecule has 1 N–H and O–H groups in total. The summed E-state index contributed by atoms with van der Waals surface area (Å²) in [5.41, 5.74) is 2.36. The lowest BCUT2D eigenvalue weighted by Gasteiger charge is -2.07. The van der Waals surface area contributed by atoms with Gasteiger partial charge in [0.25, 0.3) is 0 Å². The van der Waals surface area contributed by atoms with Crippen LogP contribution >= 0.6 is 0 Å². The summed E-state index contributed by atoms with van der Waals surface area (Å²) in [7, 11) is 0. The number of aryl methyl sites for hydroxylation is 1. The maximum atomic E-state index is 11.1. The minimum absolute atomic E-state index is 0.00609. The molecular weight excluding hydrogens is 192 g/mol. The van der Waals surface area contributed by atoms with E-state index in [4.69, 9.17) is 5.11 Å². The Balaban J connectivity index is 3.08. The molecule has 0 unspecified atom stereocenters. The largest absolute Gasteiger partial charge is 0.481 e. The van der Waals surface area contributed by atoms with Crippen LogP contribution in [0.25, 0.3) is 0 Å². The standard InChI is InChI=1S/C12H14O3/c1-3-9-6-10(8(2)13)4-5-11(9)7-12(14)15/h4-6H,3,7H2,1-2H3,(H,14,15). The zero-order valence-corrected chi connectivity index (χ0v) is 8.91. The first-order valence-corrected chi connectivity index (χ1v) is 4.89. The molecule has 80 valence electrons. The van der Waals surface area contributed by atoms with Crippen LogP contribution in [0.2, 0.25) is 0 Å². The number of benzene rings is 1. The predicted molar refractivity (Wildman–Crippen MR) is 57.2 cm³/mol. The molecule has 0 saturated carbocycles. The van der Waals surface area contributed by atoms with Gasteiger partial charge in [0.1, 0.15) is 0 Å². The van der Waals surface area contributed by atoms with Gasteiger partial charge in [0, 0.05) is 5.56 Å². The molecule has 0 radical (unpaired) electrons. The van der Waals surface area contributed by atoms with Crippen molar-refractivity contribution >= 4 is 11.8 Å². The van der Waals surface area contributed by atoms with Crippen molar-refractivity contribution in [2.75, 3.05) is 0 Å². The Bertz CT molecular complexity index is 394. The highest BCUT2D eigenvalue weighted by Crippen LogP contribution is 2.14. The van der Waals surface area contributed by atoms with Crippen molar-refractivity contribution in [2.45, 2.75) is 26.7 Å². The predicted octanol–water partition coefficient (Wildman–Crippen LogP) is 2.08. The highest BCUT2D eigenvalue weighted by Gasteiger charge is 2.08. The molecule has 0 fully saturated rings. The van der Waals surface area contributed by atoms with E-state index in [1.165, 1.54) is 6.92 Å². The molecule has 0 aliphatic rings. The van der Waals surface area contributed by atoms with Crippen molar-refractivity contribution in [1.82, 2.24) is 0 Å². The van der Waals surface area contributed by atoms with Crippen LogP contribution in [0.4, 0.5) is 0 Å². The van der Waals surface area contributed by atoms with Gasteiger partial charge in [0.2, 0.25) is 0 Å². The van der Waals surface area contributed by atoms with Crippen molar-refractivity contribution in [1.29, 1.82) is 0 Å². The zero-order chi connectivity index (χ0) is 11.4. The highest BCUT2D eigenvalue weighted by atomic mass is 16.4. The van der Waals surface area contributed by atoms with Gasteiger partial charge in [0.05, 0.1) is 6.42 Å². The fraction of sp³-hybridized carbons (Fsp3) is 0.333. The van der Waals surface area contributed by atoms with E-state index in [0.717, 1.165) is 17.5 Å². The minimum Gasteiger partial charge on any atom is -0.481 e. The lowest BCUT2D eigenvalue weighted by atomic mass is 9.98. The van der Waals surface area contributed by atoms with E-state index in [9.17, 15) is 9.59 Å². The lowest BCUT2D eigenvalue weighted by Crippen LogP contribution is -2.04. The molecule has 0 amide bonds. The molecule has 3 heteroatoms. The first kappa shape index (κ1) is 11.4. The van der Waals surface area contributed by atoms with Gasteiger partial charge in [-0.25, -0.2) is 0 Å². The van der Waals surface area contributed by atoms with Crippen molar-refractivity contribution in [3.63, 3.8) is 0 Å². The van der Waals surface area contributed by atoms with Crippen LogP contribution in [0, 0.1) is 0 Å². The third-order valence-corrected chi connectivity index (χ3v) is 2.34. The number of rotatable bonds is 4. The number of hydrogen-bond acceptors (Lipinski definition) is 2. The van der Waals surface area contributed by atoms with Gasteiger partial charge in [0.15, 0.2) is 5.78 Å². The number of ketones is 1. The molecular formula is C12H14O3. The van der Waals surface area contributed by atoms with Crippen LogP contribution in [-0.4, -0.2) is 16.9 Å². The van der Waals surface area contributed by atoms with Gasteiger partial charge in [-0.05, 0) is 30.5 Å². The summed E-state index contributed by atoms with van der Waals surface area (Å²) >= 11 is 0. The quantitative estimate of drug-likeness (QED) is 0.767. The van der Waals surface area contributed by atoms with Crippen LogP contribution in [0.15, 0.2) is 18.2 Å². The average Bonchev–Trinajstić information content (AvgIpc) is 2.17. The molecule has 1 aromatic carbocycles. The first-order valence-electron chi connectivity index (χ1n) is 4.89. The lowest BCUT2D eigenvalue weighted by molar-refractivity contribution is -0.136. The number of carbonyl (C=O) groups is 2. The number of carboxylic acid groups (broad SMARTS) is 1. The molecule has 0 aliphatic carbocycles. The normalized spacial score (nSPS) is 10.0. The van der Waals surface area contributed by atoms with Gasteiger partial charge in [-0.1, -0.05) is 19.1 Å². The van der Waals surface area contributed by atoms with E-state index >= 15 is 0 Å². The molecule has 0 atom stereocenters. The van der Waals surface area contributed by atoms with Gasteiger partial charge in [-0.2, -0.15) is 0 Å². The summed E-state index contributed by atoms with van der Waals surface area (Å²) in [5.74, 6) is -0.841. The smallest absolute Gasteiger partial charge is 0.307 e. The monoisotopic (exact) mass is 206 g/mol. The Morgan fingerprint density at radius 3 is 2.40 bits per heavy atom. The summed E-state index contributed by atoms with van der Waals surface area (Å²) in [4.78, 5) is 21.7. The van der Waals surface area contributed by atoms with Crippen LogP contribution in [0.1, 0.15) is 35.3 Å². The Labute approximate surface area is 88.7 Å². The molecule has 3 nitrogen and oxygen atoms in total. The number of Topliss-reactive ketones (excluding diaryl/α,β-unsaturated/α-hetero) is 1. The maximum absolute atomic E-state index is 11.1. The Kier molecular flexibility index (Phi) is 3.61. The molecule has 0 aromatic heterocycles. The molecule has 15 heavy (non-hydrogen) atoms. The Hall–Kier alpha value is -1.64. The van der Waals surface area contributed by atoms with Gasteiger partial charge >= 0.3 is 5.97 Å². The average molecular weight is 206 g/mol. The molecule has 0 saturated heterocycles. The number of carboxylic acids is 1. The molecule has 0 aliphatic heterocycles. The van der Waals surface area contributed by atoms with Gasteiger partial charge < -0.3 is 5.11 Å². The number of aliphatic carboxylic acids is 1. The van der Waals surface area contributed by atoms with E-state index < -0.39 is 5.97 Å². The SMILES string of the molecule is CCc1cc(C(C)=O)ccc1CC(=O)O. The Morgan fingerprint density at radius 2 is 1.93 bits per heavy atom. The van der Waals surface area contributed by atoms with Crippen LogP contribution in [0.3, 0.4) is 0 Å². The topological polar surface area (TPSA) is 54.4 Å². The maximum Gasteiger partial charge on any atom is 0.307 e. The third-order valence-electron chi connectivity index (χ3n) is 2.34.